The fourth-order valence-corrected chi connectivity index (χ4v) is 15.8. The molecule has 0 aliphatic carbocycles. The predicted octanol–water partition coefficient (Wildman–Crippen LogP) is 40.5. The molecule has 107 heavy (non-hydrogen) atoms. The summed E-state index contributed by atoms with van der Waals surface area (Å²) in [5, 5.41) is 0. The van der Waals surface area contributed by atoms with Gasteiger partial charge in [0.2, 0.25) is 0 Å². The van der Waals surface area contributed by atoms with Gasteiger partial charge in [0.25, 0.3) is 0 Å². The van der Waals surface area contributed by atoms with Crippen LogP contribution in [0.3, 0.4) is 0 Å². The lowest BCUT2D eigenvalue weighted by Crippen LogP contribution is -2.20. The van der Waals surface area contributed by atoms with Crippen molar-refractivity contribution in [3.63, 3.8) is 0 Å². The zero-order valence-corrected chi connectivity index (χ0v) is 83.7. The topological polar surface area (TPSA) is 0 Å². The van der Waals surface area contributed by atoms with Gasteiger partial charge in [-0.1, -0.05) is 434 Å². The van der Waals surface area contributed by atoms with Gasteiger partial charge < -0.3 is 0 Å². The molecular formula is C101H185I3S3. The molecule has 0 heterocycles. The van der Waals surface area contributed by atoms with Gasteiger partial charge in [0.15, 0.2) is 0 Å². The first-order chi connectivity index (χ1) is 51.6. The van der Waals surface area contributed by atoms with Crippen molar-refractivity contribution in [1.29, 1.82) is 0 Å². The number of unbranched alkanes of at least 4 members (excludes halogenated alkanes) is 40. The van der Waals surface area contributed by atoms with Gasteiger partial charge in [-0.05, 0) is 180 Å². The minimum Gasteiger partial charge on any atom is -0.143 e. The highest BCUT2D eigenvalue weighted by Gasteiger charge is 2.25. The number of thiol groups is 1. The second-order valence-electron chi connectivity index (χ2n) is 32.1. The summed E-state index contributed by atoms with van der Waals surface area (Å²) in [4.78, 5) is 3.92. The zero-order valence-electron chi connectivity index (χ0n) is 74.5. The van der Waals surface area contributed by atoms with Crippen molar-refractivity contribution in [2.45, 2.75) is 503 Å². The SMILES string of the molecule is C=C(CCCCCC)CCCCCCCC.CCCCC/C=C(/C)CCCCCCCC.CCCCCCC/C=C(/C)CCCCCC.CCCCCCCCC(C)(CCCCCC)Sc1ccc(C)cc1.CCCCCCCCC(CCCCCC)CSc1ccc(C)cc1.Cc1ccc(S)cc1.I.II. The van der Waals surface area contributed by atoms with Crippen LogP contribution in [-0.4, -0.2) is 10.5 Å². The molecule has 0 aliphatic rings. The second-order valence-corrected chi connectivity index (χ2v) is 35.4. The summed E-state index contributed by atoms with van der Waals surface area (Å²) in [6.07, 6.45) is 85.5. The first-order valence-corrected chi connectivity index (χ1v) is 54.4. The van der Waals surface area contributed by atoms with Gasteiger partial charge in [-0.15, -0.1) is 60.1 Å². The van der Waals surface area contributed by atoms with E-state index in [1.807, 2.05) is 24.3 Å². The Hall–Kier alpha value is 0.120. The van der Waals surface area contributed by atoms with Gasteiger partial charge in [-0.3, -0.25) is 0 Å². The van der Waals surface area contributed by atoms with E-state index in [9.17, 15) is 0 Å². The molecule has 628 valence electrons. The second kappa shape index (κ2) is 95.0. The third kappa shape index (κ3) is 91.5. The summed E-state index contributed by atoms with van der Waals surface area (Å²) in [5.74, 6) is 2.23. The van der Waals surface area contributed by atoms with E-state index in [2.05, 4.69) is 251 Å². The number of benzene rings is 3. The minimum atomic E-state index is 0. The first-order valence-electron chi connectivity index (χ1n) is 45.9. The molecule has 3 aromatic carbocycles. The lowest BCUT2D eigenvalue weighted by Gasteiger charge is -2.29. The lowest BCUT2D eigenvalue weighted by atomic mass is 9.95. The molecule has 2 unspecified atom stereocenters. The third-order valence-electron chi connectivity index (χ3n) is 20.7. The van der Waals surface area contributed by atoms with Gasteiger partial charge in [-0.25, -0.2) is 0 Å². The monoisotopic (exact) mass is 1880 g/mol. The van der Waals surface area contributed by atoms with Gasteiger partial charge in [0, 0.05) is 62.4 Å². The standard InChI is InChI=1S/2C23H40S.3C16H32.C7H8S.I2.HI/c1-5-7-9-11-12-14-20-23(4,19-13-10-8-6-2)24-22-17-15-21(3)16-18-22;1-4-6-8-10-11-13-15-22(14-12-9-7-5-2)20-24-23-18-16-21(3)17-19-23;3*1-4-6-8-10-11-13-15-16(3)14-12-9-7-5-2;1-6-2-4-7(8)5-3-6;1-2;/h15-18H,5-14,19-20H2,1-4H3;16-19,22H,4-15,20H2,1-3H3;15H,4-14H2,1-3H3;14H,4-13,15H2,1-3H3;3-15H2,1-2H3;2-5,8H,1H3;;1H/b;;16-15-;16-14-;;;;. The van der Waals surface area contributed by atoms with Crippen LogP contribution in [0, 0.1) is 26.7 Å². The van der Waals surface area contributed by atoms with Crippen LogP contribution in [0.5, 0.6) is 0 Å². The highest BCUT2D eigenvalue weighted by atomic mass is 128. The molecule has 0 radical (unpaired) electrons. The van der Waals surface area contributed by atoms with Crippen LogP contribution in [0.4, 0.5) is 0 Å². The van der Waals surface area contributed by atoms with Crippen LogP contribution in [-0.2, 0) is 0 Å². The summed E-state index contributed by atoms with van der Waals surface area (Å²) in [6, 6.07) is 26.3. The smallest absolute Gasteiger partial charge is 0.0179 e. The van der Waals surface area contributed by atoms with Crippen molar-refractivity contribution < 1.29 is 0 Å². The molecule has 3 rings (SSSR count). The summed E-state index contributed by atoms with van der Waals surface area (Å²) >= 11 is 12.6. The fourth-order valence-electron chi connectivity index (χ4n) is 13.2. The minimum absolute atomic E-state index is 0. The summed E-state index contributed by atoms with van der Waals surface area (Å²) in [5.41, 5.74) is 8.73. The van der Waals surface area contributed by atoms with Crippen molar-refractivity contribution in [2.24, 2.45) is 5.92 Å². The largest absolute Gasteiger partial charge is 0.143 e. The maximum Gasteiger partial charge on any atom is 0.0179 e. The molecule has 2 atom stereocenters. The van der Waals surface area contributed by atoms with Crippen LogP contribution in [0.25, 0.3) is 0 Å². The van der Waals surface area contributed by atoms with Crippen LogP contribution < -0.4 is 0 Å². The van der Waals surface area contributed by atoms with E-state index in [0.29, 0.717) is 4.75 Å². The van der Waals surface area contributed by atoms with Crippen LogP contribution >= 0.6 is 97.4 Å². The molecule has 0 amide bonds. The highest BCUT2D eigenvalue weighted by Crippen LogP contribution is 2.41. The molecule has 0 aliphatic heterocycles. The molecule has 0 fully saturated rings. The summed E-state index contributed by atoms with van der Waals surface area (Å²) < 4.78 is 0.410. The number of halogens is 3. The summed E-state index contributed by atoms with van der Waals surface area (Å²) in [6.45, 7) is 40.6. The van der Waals surface area contributed by atoms with Gasteiger partial charge in [-0.2, -0.15) is 0 Å². The molecule has 0 N–H and O–H groups in total. The fraction of sp³-hybridized carbons (Fsp3) is 0.762. The van der Waals surface area contributed by atoms with E-state index in [4.69, 9.17) is 0 Å². The normalized spacial score (nSPS) is 11.8. The Morgan fingerprint density at radius 1 is 0.355 bits per heavy atom. The van der Waals surface area contributed by atoms with E-state index < -0.39 is 0 Å². The number of rotatable bonds is 63. The van der Waals surface area contributed by atoms with Crippen molar-refractivity contribution in [3.05, 3.63) is 125 Å². The molecule has 0 saturated heterocycles. The van der Waals surface area contributed by atoms with E-state index >= 15 is 0 Å². The molecule has 6 heteroatoms. The van der Waals surface area contributed by atoms with E-state index in [1.54, 1.807) is 11.1 Å². The number of hydrogen-bond acceptors (Lipinski definition) is 3. The Morgan fingerprint density at radius 2 is 0.607 bits per heavy atom. The van der Waals surface area contributed by atoms with Crippen molar-refractivity contribution in [3.8, 4) is 0 Å². The number of thioether (sulfide) groups is 2. The Kier molecular flexibility index (Phi) is 103. The van der Waals surface area contributed by atoms with Crippen LogP contribution in [0.2, 0.25) is 0 Å². The quantitative estimate of drug-likeness (QED) is 0.0197. The maximum absolute atomic E-state index is 4.19. The molecule has 0 nitrogen and oxygen atoms in total. The zero-order chi connectivity index (χ0) is 79.3. The Morgan fingerprint density at radius 3 is 0.963 bits per heavy atom. The van der Waals surface area contributed by atoms with Crippen LogP contribution in [0.1, 0.15) is 479 Å². The molecule has 3 aromatic rings. The van der Waals surface area contributed by atoms with Crippen molar-refractivity contribution in [1.82, 2.24) is 0 Å². The first kappa shape index (κ1) is 116. The maximum atomic E-state index is 4.19. The lowest BCUT2D eigenvalue weighted by molar-refractivity contribution is 0.440. The summed E-state index contributed by atoms with van der Waals surface area (Å²) in [7, 11) is 0. The Labute approximate surface area is 729 Å². The van der Waals surface area contributed by atoms with E-state index in [1.165, 1.54) is 410 Å². The molecule has 0 bridgehead atoms. The number of aryl methyl sites for hydroxylation is 3. The molecule has 0 saturated carbocycles. The average molecular weight is 1880 g/mol. The number of allylic oxidation sites excluding steroid dienone is 5. The average Bonchev–Trinajstić information content (AvgIpc) is 0.865. The van der Waals surface area contributed by atoms with E-state index in [0.717, 1.165) is 10.8 Å². The molecule has 0 spiro atoms. The van der Waals surface area contributed by atoms with Gasteiger partial charge >= 0.3 is 0 Å². The third-order valence-corrected chi connectivity index (χ3v) is 23.6. The van der Waals surface area contributed by atoms with Crippen molar-refractivity contribution >= 4 is 97.4 Å². The molecule has 0 aromatic heterocycles. The Bertz CT molecular complexity index is 2200. The van der Waals surface area contributed by atoms with Gasteiger partial charge in [0.1, 0.15) is 0 Å². The highest BCUT2D eigenvalue weighted by molar-refractivity contribution is 15.0. The van der Waals surface area contributed by atoms with Gasteiger partial charge in [0.05, 0.1) is 0 Å². The van der Waals surface area contributed by atoms with Crippen LogP contribution in [0.15, 0.2) is 123 Å². The number of hydrogen-bond donors (Lipinski definition) is 1. The molecular weight excluding hydrogens is 1690 g/mol. The Balaban J connectivity index is -0.000000395. The van der Waals surface area contributed by atoms with Crippen molar-refractivity contribution in [2.75, 3.05) is 5.75 Å². The van der Waals surface area contributed by atoms with E-state index in [-0.39, 0.29) is 24.0 Å². The predicted molar refractivity (Wildman–Crippen MR) is 534 cm³/mol.